The fourth-order valence-corrected chi connectivity index (χ4v) is 5.49. The van der Waals surface area contributed by atoms with Gasteiger partial charge in [0, 0.05) is 30.4 Å². The molecule has 5 rings (SSSR count). The van der Waals surface area contributed by atoms with Crippen molar-refractivity contribution in [2.45, 2.75) is 9.92 Å². The van der Waals surface area contributed by atoms with E-state index in [1.165, 1.54) is 0 Å². The Bertz CT molecular complexity index is 1330. The lowest BCUT2D eigenvalue weighted by molar-refractivity contribution is 0.0322. The van der Waals surface area contributed by atoms with E-state index in [2.05, 4.69) is 15.1 Å². The maximum absolute atomic E-state index is 13.5. The molecule has 7 nitrogen and oxygen atoms in total. The highest BCUT2D eigenvalue weighted by Gasteiger charge is 2.25. The number of benzene rings is 3. The van der Waals surface area contributed by atoms with Gasteiger partial charge in [0.05, 0.1) is 23.6 Å². The molecular weight excluding hydrogens is 450 g/mol. The van der Waals surface area contributed by atoms with Crippen molar-refractivity contribution in [3.8, 4) is 5.75 Å². The summed E-state index contributed by atoms with van der Waals surface area (Å²) >= 11 is 0. The van der Waals surface area contributed by atoms with Crippen LogP contribution in [0.4, 0.5) is 0 Å². The Morgan fingerprint density at radius 2 is 1.78 bits per heavy atom. The summed E-state index contributed by atoms with van der Waals surface area (Å²) in [4.78, 5) is 2.55. The summed E-state index contributed by atoms with van der Waals surface area (Å²) in [6.07, 6.45) is 0. The van der Waals surface area contributed by atoms with Gasteiger partial charge in [-0.25, -0.2) is 8.42 Å². The molecule has 0 saturated carbocycles. The summed E-state index contributed by atoms with van der Waals surface area (Å²) in [5.41, 5.74) is 0.583. The van der Waals surface area contributed by atoms with Gasteiger partial charge in [-0.1, -0.05) is 36.4 Å². The van der Waals surface area contributed by atoms with Gasteiger partial charge in [-0.15, -0.1) is 12.4 Å². The summed E-state index contributed by atoms with van der Waals surface area (Å²) < 4.78 is 38.3. The standard InChI is InChI=1S/C23H23N3O4S.ClH/c27-31(28,22-7-3-5-17-4-1-2-6-19(17)22)23-20-16-18(8-9-21(20)24-25-23)30-15-12-26-10-13-29-14-11-26;/h1-9,16H,10-15H2,(H,24,25);1H. The van der Waals surface area contributed by atoms with E-state index in [0.717, 1.165) is 38.2 Å². The molecule has 9 heteroatoms. The largest absolute Gasteiger partial charge is 0.492 e. The van der Waals surface area contributed by atoms with Gasteiger partial charge in [-0.3, -0.25) is 10.00 Å². The van der Waals surface area contributed by atoms with Crippen molar-refractivity contribution in [3.63, 3.8) is 0 Å². The van der Waals surface area contributed by atoms with Crippen molar-refractivity contribution in [1.29, 1.82) is 0 Å². The molecule has 0 unspecified atom stereocenters. The molecule has 0 aliphatic carbocycles. The number of ether oxygens (including phenoxy) is 2. The number of morpholine rings is 1. The predicted molar refractivity (Wildman–Crippen MR) is 125 cm³/mol. The lowest BCUT2D eigenvalue weighted by Gasteiger charge is -2.26. The zero-order chi connectivity index (χ0) is 21.3. The third-order valence-electron chi connectivity index (χ3n) is 5.58. The van der Waals surface area contributed by atoms with Crippen LogP contribution in [0.3, 0.4) is 0 Å². The van der Waals surface area contributed by atoms with E-state index < -0.39 is 9.84 Å². The van der Waals surface area contributed by atoms with E-state index in [0.29, 0.717) is 28.6 Å². The zero-order valence-corrected chi connectivity index (χ0v) is 19.0. The number of H-pyrrole nitrogens is 1. The molecule has 0 radical (unpaired) electrons. The molecule has 32 heavy (non-hydrogen) atoms. The Kier molecular flexibility index (Phi) is 6.66. The van der Waals surface area contributed by atoms with Crippen LogP contribution < -0.4 is 4.74 Å². The van der Waals surface area contributed by atoms with Crippen molar-refractivity contribution < 1.29 is 17.9 Å². The van der Waals surface area contributed by atoms with E-state index >= 15 is 0 Å². The minimum Gasteiger partial charge on any atom is -0.492 e. The van der Waals surface area contributed by atoms with Crippen LogP contribution in [0, 0.1) is 0 Å². The quantitative estimate of drug-likeness (QED) is 0.460. The third-order valence-corrected chi connectivity index (χ3v) is 7.36. The summed E-state index contributed by atoms with van der Waals surface area (Å²) in [5, 5.41) is 9.11. The first-order chi connectivity index (χ1) is 15.1. The second-order valence-corrected chi connectivity index (χ2v) is 9.37. The fraction of sp³-hybridized carbons (Fsp3) is 0.261. The molecule has 1 aliphatic rings. The number of nitrogens with one attached hydrogen (secondary N) is 1. The van der Waals surface area contributed by atoms with Crippen molar-refractivity contribution in [3.05, 3.63) is 60.7 Å². The molecule has 0 atom stereocenters. The second-order valence-electron chi connectivity index (χ2n) is 7.51. The second kappa shape index (κ2) is 9.46. The van der Waals surface area contributed by atoms with Crippen LogP contribution in [0.2, 0.25) is 0 Å². The van der Waals surface area contributed by atoms with Crippen LogP contribution in [-0.2, 0) is 14.6 Å². The molecule has 4 aromatic rings. The van der Waals surface area contributed by atoms with E-state index in [1.807, 2.05) is 36.4 Å². The number of aromatic amines is 1. The molecule has 0 spiro atoms. The first-order valence-corrected chi connectivity index (χ1v) is 11.8. The Morgan fingerprint density at radius 1 is 1.00 bits per heavy atom. The molecule has 3 aromatic carbocycles. The Morgan fingerprint density at radius 3 is 2.62 bits per heavy atom. The monoisotopic (exact) mass is 473 g/mol. The number of nitrogens with zero attached hydrogens (tertiary/aromatic N) is 2. The number of sulfone groups is 1. The molecule has 0 amide bonds. The summed E-state index contributed by atoms with van der Waals surface area (Å²) in [7, 11) is -3.80. The van der Waals surface area contributed by atoms with Crippen molar-refractivity contribution in [2.24, 2.45) is 0 Å². The van der Waals surface area contributed by atoms with Gasteiger partial charge in [0.1, 0.15) is 12.4 Å². The Balaban J connectivity index is 0.00000245. The average molecular weight is 474 g/mol. The maximum atomic E-state index is 13.5. The van der Waals surface area contributed by atoms with Crippen LogP contribution in [0.1, 0.15) is 0 Å². The van der Waals surface area contributed by atoms with Crippen LogP contribution in [0.25, 0.3) is 21.7 Å². The van der Waals surface area contributed by atoms with E-state index in [-0.39, 0.29) is 22.3 Å². The van der Waals surface area contributed by atoms with Gasteiger partial charge in [-0.2, -0.15) is 5.10 Å². The maximum Gasteiger partial charge on any atom is 0.224 e. The number of hydrogen-bond donors (Lipinski definition) is 1. The SMILES string of the molecule is Cl.O=S(=O)(c1cccc2ccccc12)c1[nH]nc2ccc(OCCN3CCOCC3)cc12. The summed E-state index contributed by atoms with van der Waals surface area (Å²) in [5.74, 6) is 0.622. The fourth-order valence-electron chi connectivity index (χ4n) is 3.92. The molecule has 2 heterocycles. The first kappa shape index (κ1) is 22.5. The third kappa shape index (κ3) is 4.31. The van der Waals surface area contributed by atoms with Gasteiger partial charge in [0.15, 0.2) is 5.03 Å². The van der Waals surface area contributed by atoms with E-state index in [4.69, 9.17) is 9.47 Å². The lowest BCUT2D eigenvalue weighted by atomic mass is 10.1. The predicted octanol–water partition coefficient (Wildman–Crippen LogP) is 3.68. The Hall–Kier alpha value is -2.65. The van der Waals surface area contributed by atoms with Crippen LogP contribution in [-0.4, -0.2) is 63.0 Å². The van der Waals surface area contributed by atoms with E-state index in [1.54, 1.807) is 24.3 Å². The molecular formula is C23H24ClN3O4S. The van der Waals surface area contributed by atoms with Crippen LogP contribution in [0.15, 0.2) is 70.6 Å². The molecule has 1 aliphatic heterocycles. The number of aromatic nitrogens is 2. The zero-order valence-electron chi connectivity index (χ0n) is 17.4. The smallest absolute Gasteiger partial charge is 0.224 e. The van der Waals surface area contributed by atoms with E-state index in [9.17, 15) is 8.42 Å². The Labute approximate surface area is 192 Å². The minimum atomic E-state index is -3.80. The molecule has 168 valence electrons. The van der Waals surface area contributed by atoms with Gasteiger partial charge in [0.2, 0.25) is 9.84 Å². The van der Waals surface area contributed by atoms with Gasteiger partial charge in [0.25, 0.3) is 0 Å². The molecule has 1 N–H and O–H groups in total. The molecule has 1 saturated heterocycles. The molecule has 0 bridgehead atoms. The normalized spacial score (nSPS) is 15.0. The number of fused-ring (bicyclic) bond motifs is 2. The molecule has 1 fully saturated rings. The summed E-state index contributed by atoms with van der Waals surface area (Å²) in [6, 6.07) is 18.1. The molecule has 1 aromatic heterocycles. The highest BCUT2D eigenvalue weighted by Crippen LogP contribution is 2.32. The highest BCUT2D eigenvalue weighted by molar-refractivity contribution is 7.91. The van der Waals surface area contributed by atoms with Gasteiger partial charge < -0.3 is 9.47 Å². The van der Waals surface area contributed by atoms with Crippen LogP contribution >= 0.6 is 12.4 Å². The lowest BCUT2D eigenvalue weighted by Crippen LogP contribution is -2.38. The van der Waals surface area contributed by atoms with Gasteiger partial charge in [-0.05, 0) is 29.7 Å². The van der Waals surface area contributed by atoms with Crippen molar-refractivity contribution in [2.75, 3.05) is 39.5 Å². The van der Waals surface area contributed by atoms with Gasteiger partial charge >= 0.3 is 0 Å². The number of rotatable bonds is 6. The average Bonchev–Trinajstić information content (AvgIpc) is 3.23. The number of halogens is 1. The van der Waals surface area contributed by atoms with Crippen molar-refractivity contribution >= 4 is 43.9 Å². The number of hydrogen-bond acceptors (Lipinski definition) is 6. The first-order valence-electron chi connectivity index (χ1n) is 10.3. The highest BCUT2D eigenvalue weighted by atomic mass is 35.5. The van der Waals surface area contributed by atoms with Crippen LogP contribution in [0.5, 0.6) is 5.75 Å². The van der Waals surface area contributed by atoms with Crippen molar-refractivity contribution in [1.82, 2.24) is 15.1 Å². The summed E-state index contributed by atoms with van der Waals surface area (Å²) in [6.45, 7) is 4.62. The minimum absolute atomic E-state index is 0. The topological polar surface area (TPSA) is 84.5 Å².